The molecule has 6 nitrogen and oxygen atoms in total. The Labute approximate surface area is 121 Å². The van der Waals surface area contributed by atoms with Gasteiger partial charge in [-0.15, -0.1) is 0 Å². The average Bonchev–Trinajstić information content (AvgIpc) is 2.47. The van der Waals surface area contributed by atoms with Gasteiger partial charge in [0.2, 0.25) is 0 Å². The van der Waals surface area contributed by atoms with Crippen molar-refractivity contribution in [3.8, 4) is 0 Å². The zero-order valence-corrected chi connectivity index (χ0v) is 11.4. The molecule has 2 amide bonds. The maximum absolute atomic E-state index is 11.6. The summed E-state index contributed by atoms with van der Waals surface area (Å²) in [4.78, 5) is 19.6. The number of hydrogen-bond acceptors (Lipinski definition) is 4. The lowest BCUT2D eigenvalue weighted by Crippen LogP contribution is -2.32. The predicted octanol–water partition coefficient (Wildman–Crippen LogP) is 2.36. The highest BCUT2D eigenvalue weighted by Gasteiger charge is 2.00. The first-order valence-electron chi connectivity index (χ1n) is 6.04. The zero-order valence-electron chi connectivity index (χ0n) is 10.6. The lowest BCUT2D eigenvalue weighted by molar-refractivity contribution is 0.252. The summed E-state index contributed by atoms with van der Waals surface area (Å²) in [6.45, 7) is 1.03. The molecular weight excluding hydrogens is 278 g/mol. The number of benzene rings is 1. The Bertz CT molecular complexity index is 546. The molecule has 0 unspecified atom stereocenters. The maximum Gasteiger partial charge on any atom is 0.319 e. The predicted molar refractivity (Wildman–Crippen MR) is 79.0 cm³/mol. The minimum absolute atomic E-state index is 0.270. The molecule has 0 fully saturated rings. The molecule has 7 heteroatoms. The summed E-state index contributed by atoms with van der Waals surface area (Å²) in [5.41, 5.74) is 0.689. The topological polar surface area (TPSA) is 78.9 Å². The highest BCUT2D eigenvalue weighted by Crippen LogP contribution is 2.12. The van der Waals surface area contributed by atoms with Gasteiger partial charge in [-0.1, -0.05) is 11.6 Å². The minimum Gasteiger partial charge on any atom is -0.367 e. The number of hydrogen-bond donors (Lipinski definition) is 3. The van der Waals surface area contributed by atoms with Crippen molar-refractivity contribution in [1.29, 1.82) is 0 Å². The number of carbonyl (C=O) groups excluding carboxylic acids is 1. The third-order valence-electron chi connectivity index (χ3n) is 2.38. The van der Waals surface area contributed by atoms with Crippen LogP contribution in [0.4, 0.5) is 16.3 Å². The van der Waals surface area contributed by atoms with Gasteiger partial charge in [0.25, 0.3) is 0 Å². The van der Waals surface area contributed by atoms with Gasteiger partial charge in [0.1, 0.15) is 5.82 Å². The van der Waals surface area contributed by atoms with E-state index in [1.165, 1.54) is 0 Å². The van der Waals surface area contributed by atoms with Crippen LogP contribution >= 0.6 is 11.6 Å². The lowest BCUT2D eigenvalue weighted by Gasteiger charge is -2.08. The second kappa shape index (κ2) is 7.30. The molecule has 20 heavy (non-hydrogen) atoms. The van der Waals surface area contributed by atoms with E-state index in [0.29, 0.717) is 29.6 Å². The Morgan fingerprint density at radius 3 is 2.65 bits per heavy atom. The van der Waals surface area contributed by atoms with Crippen LogP contribution in [-0.2, 0) is 0 Å². The first-order valence-corrected chi connectivity index (χ1v) is 6.42. The van der Waals surface area contributed by atoms with E-state index < -0.39 is 0 Å². The highest BCUT2D eigenvalue weighted by molar-refractivity contribution is 6.30. The number of anilines is 2. The Balaban J connectivity index is 1.66. The lowest BCUT2D eigenvalue weighted by atomic mass is 10.3. The van der Waals surface area contributed by atoms with Crippen LogP contribution in [0.3, 0.4) is 0 Å². The van der Waals surface area contributed by atoms with Crippen LogP contribution in [0.1, 0.15) is 0 Å². The van der Waals surface area contributed by atoms with Crippen molar-refractivity contribution in [1.82, 2.24) is 15.3 Å². The highest BCUT2D eigenvalue weighted by atomic mass is 35.5. The molecule has 1 aromatic carbocycles. The largest absolute Gasteiger partial charge is 0.367 e. The van der Waals surface area contributed by atoms with E-state index in [0.717, 1.165) is 0 Å². The SMILES string of the molecule is O=C(NCCNc1cnccn1)Nc1ccc(Cl)cc1. The van der Waals surface area contributed by atoms with Crippen LogP contribution in [0.25, 0.3) is 0 Å². The number of urea groups is 1. The number of carbonyl (C=O) groups is 1. The summed E-state index contributed by atoms with van der Waals surface area (Å²) in [5.74, 6) is 0.674. The van der Waals surface area contributed by atoms with Crippen molar-refractivity contribution in [2.45, 2.75) is 0 Å². The third kappa shape index (κ3) is 4.74. The second-order valence-corrected chi connectivity index (χ2v) is 4.34. The molecule has 0 radical (unpaired) electrons. The Hall–Kier alpha value is -2.34. The van der Waals surface area contributed by atoms with Crippen molar-refractivity contribution in [2.75, 3.05) is 23.7 Å². The molecule has 2 aromatic rings. The van der Waals surface area contributed by atoms with Crippen LogP contribution in [0.15, 0.2) is 42.9 Å². The summed E-state index contributed by atoms with van der Waals surface area (Å²) >= 11 is 5.76. The van der Waals surface area contributed by atoms with Crippen LogP contribution in [0.2, 0.25) is 5.02 Å². The van der Waals surface area contributed by atoms with E-state index in [4.69, 9.17) is 11.6 Å². The normalized spacial score (nSPS) is 9.85. The molecule has 0 spiro atoms. The fourth-order valence-electron chi connectivity index (χ4n) is 1.47. The average molecular weight is 292 g/mol. The number of halogens is 1. The molecule has 104 valence electrons. The molecule has 0 saturated carbocycles. The summed E-state index contributed by atoms with van der Waals surface area (Å²) in [7, 11) is 0. The first-order chi connectivity index (χ1) is 9.74. The molecule has 1 aromatic heterocycles. The summed E-state index contributed by atoms with van der Waals surface area (Å²) < 4.78 is 0. The molecule has 0 saturated heterocycles. The van der Waals surface area contributed by atoms with Gasteiger partial charge < -0.3 is 16.0 Å². The smallest absolute Gasteiger partial charge is 0.319 e. The van der Waals surface area contributed by atoms with E-state index in [1.807, 2.05) is 0 Å². The first kappa shape index (κ1) is 14.1. The van der Waals surface area contributed by atoms with Gasteiger partial charge >= 0.3 is 6.03 Å². The Morgan fingerprint density at radius 2 is 1.95 bits per heavy atom. The van der Waals surface area contributed by atoms with Gasteiger partial charge in [0.05, 0.1) is 6.20 Å². The van der Waals surface area contributed by atoms with E-state index in [2.05, 4.69) is 25.9 Å². The van der Waals surface area contributed by atoms with Crippen molar-refractivity contribution in [3.05, 3.63) is 47.9 Å². The van der Waals surface area contributed by atoms with Gasteiger partial charge in [0.15, 0.2) is 0 Å². The molecule has 3 N–H and O–H groups in total. The van der Waals surface area contributed by atoms with Crippen LogP contribution < -0.4 is 16.0 Å². The molecule has 0 atom stereocenters. The fraction of sp³-hybridized carbons (Fsp3) is 0.154. The second-order valence-electron chi connectivity index (χ2n) is 3.91. The van der Waals surface area contributed by atoms with Crippen LogP contribution in [0, 0.1) is 0 Å². The van der Waals surface area contributed by atoms with Crippen molar-refractivity contribution in [2.24, 2.45) is 0 Å². The van der Waals surface area contributed by atoms with Crippen LogP contribution in [0.5, 0.6) is 0 Å². The molecular formula is C13H14ClN5O. The number of nitrogens with one attached hydrogen (secondary N) is 3. The standard InChI is InChI=1S/C13H14ClN5O/c14-10-1-3-11(4-2-10)19-13(20)18-8-7-17-12-9-15-5-6-16-12/h1-6,9H,7-8H2,(H,16,17)(H2,18,19,20). The molecule has 2 rings (SSSR count). The molecule has 0 bridgehead atoms. The number of rotatable bonds is 5. The summed E-state index contributed by atoms with van der Waals surface area (Å²) in [6, 6.07) is 6.63. The third-order valence-corrected chi connectivity index (χ3v) is 2.63. The van der Waals surface area contributed by atoms with Gasteiger partial charge in [-0.3, -0.25) is 4.98 Å². The Kier molecular flexibility index (Phi) is 5.14. The fourth-order valence-corrected chi connectivity index (χ4v) is 1.59. The van der Waals surface area contributed by atoms with E-state index in [9.17, 15) is 4.79 Å². The summed E-state index contributed by atoms with van der Waals surface area (Å²) in [5, 5.41) is 9.09. The Morgan fingerprint density at radius 1 is 1.15 bits per heavy atom. The monoisotopic (exact) mass is 291 g/mol. The number of nitrogens with zero attached hydrogens (tertiary/aromatic N) is 2. The molecule has 1 heterocycles. The van der Waals surface area contributed by atoms with E-state index in [1.54, 1.807) is 42.9 Å². The van der Waals surface area contributed by atoms with Gasteiger partial charge in [-0.2, -0.15) is 0 Å². The zero-order chi connectivity index (χ0) is 14.2. The van der Waals surface area contributed by atoms with Gasteiger partial charge in [0, 0.05) is 36.2 Å². The van der Waals surface area contributed by atoms with Crippen molar-refractivity contribution < 1.29 is 4.79 Å². The molecule has 0 aliphatic carbocycles. The van der Waals surface area contributed by atoms with Gasteiger partial charge in [-0.25, -0.2) is 9.78 Å². The minimum atomic E-state index is -0.270. The van der Waals surface area contributed by atoms with Crippen molar-refractivity contribution >= 4 is 29.1 Å². The summed E-state index contributed by atoms with van der Waals surface area (Å²) in [6.07, 6.45) is 4.82. The van der Waals surface area contributed by atoms with E-state index in [-0.39, 0.29) is 6.03 Å². The molecule has 0 aliphatic heterocycles. The van der Waals surface area contributed by atoms with E-state index >= 15 is 0 Å². The quantitative estimate of drug-likeness (QED) is 0.739. The van der Waals surface area contributed by atoms with Crippen molar-refractivity contribution in [3.63, 3.8) is 0 Å². The number of aromatic nitrogens is 2. The number of amides is 2. The van der Waals surface area contributed by atoms with Crippen LogP contribution in [-0.4, -0.2) is 29.1 Å². The molecule has 0 aliphatic rings. The maximum atomic E-state index is 11.6. The van der Waals surface area contributed by atoms with Gasteiger partial charge in [-0.05, 0) is 24.3 Å².